The van der Waals surface area contributed by atoms with E-state index in [1.807, 2.05) is 0 Å². The molecule has 0 saturated carbocycles. The molecule has 0 heterocycles. The van der Waals surface area contributed by atoms with Gasteiger partial charge in [0, 0.05) is 13.0 Å². The van der Waals surface area contributed by atoms with Gasteiger partial charge in [-0.25, -0.2) is 13.1 Å². The lowest BCUT2D eigenvalue weighted by atomic mass is 10.2. The molecule has 0 aliphatic rings. The number of hydrogen-bond acceptors (Lipinski definition) is 7. The fraction of sp³-hybridized carbons (Fsp3) is 0.235. The number of sulfonamides is 1. The second-order valence-electron chi connectivity index (χ2n) is 5.51. The predicted octanol–water partition coefficient (Wildman–Crippen LogP) is 1.92. The minimum Gasteiger partial charge on any atom is -0.497 e. The Morgan fingerprint density at radius 1 is 1.07 bits per heavy atom. The van der Waals surface area contributed by atoms with E-state index in [9.17, 15) is 23.3 Å². The fourth-order valence-electron chi connectivity index (χ4n) is 2.25. The minimum absolute atomic E-state index is 0.00573. The van der Waals surface area contributed by atoms with E-state index < -0.39 is 20.9 Å². The molecule has 150 valence electrons. The van der Waals surface area contributed by atoms with Crippen LogP contribution in [0.3, 0.4) is 0 Å². The van der Waals surface area contributed by atoms with Gasteiger partial charge in [0.05, 0.1) is 30.1 Å². The molecule has 10 nitrogen and oxygen atoms in total. The lowest BCUT2D eigenvalue weighted by Gasteiger charge is -2.09. The number of ether oxygens (including phenoxy) is 2. The van der Waals surface area contributed by atoms with Gasteiger partial charge in [-0.3, -0.25) is 14.9 Å². The van der Waals surface area contributed by atoms with Crippen LogP contribution in [-0.2, 0) is 14.8 Å². The molecule has 11 heteroatoms. The van der Waals surface area contributed by atoms with Gasteiger partial charge in [0.1, 0.15) is 17.2 Å². The molecule has 0 atom stereocenters. The Kier molecular flexibility index (Phi) is 6.90. The summed E-state index contributed by atoms with van der Waals surface area (Å²) in [5.41, 5.74) is -0.333. The van der Waals surface area contributed by atoms with Crippen LogP contribution in [0.5, 0.6) is 11.5 Å². The maximum atomic E-state index is 12.2. The lowest BCUT2D eigenvalue weighted by molar-refractivity contribution is -0.384. The molecule has 0 fully saturated rings. The highest BCUT2D eigenvalue weighted by atomic mass is 32.2. The SMILES string of the molecule is COc1ccc(S(=O)(=O)NCCC(=O)Nc2ccc(OC)cc2[N+](=O)[O-])cc1. The standard InChI is InChI=1S/C17H19N3O7S/c1-26-12-3-6-14(7-4-12)28(24,25)18-10-9-17(21)19-15-8-5-13(27-2)11-16(15)20(22)23/h3-8,11,18H,9-10H2,1-2H3,(H,19,21). The van der Waals surface area contributed by atoms with Crippen molar-refractivity contribution >= 4 is 27.3 Å². The number of anilines is 1. The highest BCUT2D eigenvalue weighted by Crippen LogP contribution is 2.29. The fourth-order valence-corrected chi connectivity index (χ4v) is 3.28. The van der Waals surface area contributed by atoms with Crippen molar-refractivity contribution in [3.05, 3.63) is 52.6 Å². The molecule has 2 aromatic carbocycles. The molecule has 2 N–H and O–H groups in total. The first-order valence-electron chi connectivity index (χ1n) is 8.03. The summed E-state index contributed by atoms with van der Waals surface area (Å²) in [6, 6.07) is 9.76. The first kappa shape index (κ1) is 21.1. The number of nitrogens with zero attached hydrogens (tertiary/aromatic N) is 1. The molecule has 0 spiro atoms. The van der Waals surface area contributed by atoms with Crippen molar-refractivity contribution in [3.63, 3.8) is 0 Å². The second-order valence-corrected chi connectivity index (χ2v) is 7.28. The summed E-state index contributed by atoms with van der Waals surface area (Å²) >= 11 is 0. The quantitative estimate of drug-likeness (QED) is 0.477. The van der Waals surface area contributed by atoms with Gasteiger partial charge in [0.25, 0.3) is 5.69 Å². The highest BCUT2D eigenvalue weighted by Gasteiger charge is 2.18. The molecule has 0 bridgehead atoms. The van der Waals surface area contributed by atoms with Crippen molar-refractivity contribution in [2.45, 2.75) is 11.3 Å². The van der Waals surface area contributed by atoms with Crippen LogP contribution in [0.1, 0.15) is 6.42 Å². The van der Waals surface area contributed by atoms with Gasteiger partial charge >= 0.3 is 0 Å². The zero-order chi connectivity index (χ0) is 20.7. The topological polar surface area (TPSA) is 137 Å². The number of hydrogen-bond donors (Lipinski definition) is 2. The van der Waals surface area contributed by atoms with Gasteiger partial charge < -0.3 is 14.8 Å². The van der Waals surface area contributed by atoms with Crippen molar-refractivity contribution in [2.24, 2.45) is 0 Å². The summed E-state index contributed by atoms with van der Waals surface area (Å²) in [6.45, 7) is -0.176. The monoisotopic (exact) mass is 409 g/mol. The van der Waals surface area contributed by atoms with Gasteiger partial charge in [-0.1, -0.05) is 0 Å². The number of carbonyl (C=O) groups excluding carboxylic acids is 1. The van der Waals surface area contributed by atoms with Crippen LogP contribution in [0.4, 0.5) is 11.4 Å². The Hall–Kier alpha value is -3.18. The third-order valence-corrected chi connectivity index (χ3v) is 5.17. The molecule has 1 amide bonds. The Morgan fingerprint density at radius 3 is 2.25 bits per heavy atom. The van der Waals surface area contributed by atoms with Crippen LogP contribution in [-0.4, -0.2) is 40.0 Å². The number of rotatable bonds is 9. The summed E-state index contributed by atoms with van der Waals surface area (Å²) in [4.78, 5) is 22.5. The molecule has 2 aromatic rings. The molecule has 0 unspecified atom stereocenters. The van der Waals surface area contributed by atoms with Gasteiger partial charge in [-0.2, -0.15) is 0 Å². The van der Waals surface area contributed by atoms with Gasteiger partial charge in [-0.05, 0) is 36.4 Å². The Bertz CT molecular complexity index is 959. The lowest BCUT2D eigenvalue weighted by Crippen LogP contribution is -2.28. The largest absolute Gasteiger partial charge is 0.497 e. The summed E-state index contributed by atoms with van der Waals surface area (Å²) in [7, 11) is -0.962. The molecule has 0 radical (unpaired) electrons. The number of benzene rings is 2. The van der Waals surface area contributed by atoms with Gasteiger partial charge in [-0.15, -0.1) is 0 Å². The molecule has 0 aliphatic carbocycles. The maximum absolute atomic E-state index is 12.2. The van der Waals surface area contributed by atoms with Crippen LogP contribution < -0.4 is 19.5 Å². The predicted molar refractivity (Wildman–Crippen MR) is 101 cm³/mol. The van der Waals surface area contributed by atoms with E-state index in [0.29, 0.717) is 5.75 Å². The first-order valence-corrected chi connectivity index (χ1v) is 9.51. The van der Waals surface area contributed by atoms with Crippen LogP contribution in [0, 0.1) is 10.1 Å². The summed E-state index contributed by atoms with van der Waals surface area (Å²) in [5, 5.41) is 13.5. The Morgan fingerprint density at radius 2 is 1.68 bits per heavy atom. The zero-order valence-electron chi connectivity index (χ0n) is 15.2. The number of carbonyl (C=O) groups is 1. The number of nitrogens with one attached hydrogen (secondary N) is 2. The molecule has 0 aromatic heterocycles. The summed E-state index contributed by atoms with van der Waals surface area (Å²) in [5.74, 6) is 0.210. The maximum Gasteiger partial charge on any atom is 0.296 e. The molecule has 0 aliphatic heterocycles. The minimum atomic E-state index is -3.79. The van der Waals surface area contributed by atoms with Gasteiger partial charge in [0.2, 0.25) is 15.9 Å². The third kappa shape index (κ3) is 5.41. The molecular formula is C17H19N3O7S. The van der Waals surface area contributed by atoms with E-state index in [0.717, 1.165) is 0 Å². The van der Waals surface area contributed by atoms with Crippen LogP contribution in [0.15, 0.2) is 47.4 Å². The van der Waals surface area contributed by atoms with Crippen LogP contribution >= 0.6 is 0 Å². The van der Waals surface area contributed by atoms with Crippen molar-refractivity contribution in [3.8, 4) is 11.5 Å². The third-order valence-electron chi connectivity index (χ3n) is 3.69. The Labute approximate surface area is 161 Å². The number of nitro groups is 1. The van der Waals surface area contributed by atoms with Crippen molar-refractivity contribution in [1.82, 2.24) is 4.72 Å². The van der Waals surface area contributed by atoms with Crippen molar-refractivity contribution in [2.75, 3.05) is 26.1 Å². The smallest absolute Gasteiger partial charge is 0.296 e. The van der Waals surface area contributed by atoms with Gasteiger partial charge in [0.15, 0.2) is 0 Å². The number of amides is 1. The van der Waals surface area contributed by atoms with Crippen molar-refractivity contribution < 1.29 is 27.6 Å². The molecular weight excluding hydrogens is 390 g/mol. The molecule has 0 saturated heterocycles. The average molecular weight is 409 g/mol. The highest BCUT2D eigenvalue weighted by molar-refractivity contribution is 7.89. The molecule has 2 rings (SSSR count). The zero-order valence-corrected chi connectivity index (χ0v) is 16.0. The normalized spacial score (nSPS) is 10.9. The summed E-state index contributed by atoms with van der Waals surface area (Å²) in [6.07, 6.45) is -0.210. The molecule has 28 heavy (non-hydrogen) atoms. The van der Waals surface area contributed by atoms with E-state index in [2.05, 4.69) is 10.0 Å². The van der Waals surface area contributed by atoms with Crippen LogP contribution in [0.25, 0.3) is 0 Å². The van der Waals surface area contributed by atoms with E-state index >= 15 is 0 Å². The number of methoxy groups -OCH3 is 2. The van der Waals surface area contributed by atoms with Crippen LogP contribution in [0.2, 0.25) is 0 Å². The van der Waals surface area contributed by atoms with E-state index in [1.54, 1.807) is 0 Å². The second kappa shape index (κ2) is 9.15. The van der Waals surface area contributed by atoms with Crippen molar-refractivity contribution in [1.29, 1.82) is 0 Å². The van der Waals surface area contributed by atoms with E-state index in [1.165, 1.54) is 56.7 Å². The summed E-state index contributed by atoms with van der Waals surface area (Å²) < 4.78 is 36.6. The Balaban J connectivity index is 1.96. The first-order chi connectivity index (χ1) is 13.3. The average Bonchev–Trinajstić information content (AvgIpc) is 2.68. The van der Waals surface area contributed by atoms with E-state index in [-0.39, 0.29) is 35.0 Å². The van der Waals surface area contributed by atoms with E-state index in [4.69, 9.17) is 9.47 Å². The number of nitro benzene ring substituents is 1.